The van der Waals surface area contributed by atoms with Gasteiger partial charge < -0.3 is 4.74 Å². The molecule has 0 aromatic carbocycles. The zero-order valence-corrected chi connectivity index (χ0v) is 9.62. The Kier molecular flexibility index (Phi) is 2.65. The van der Waals surface area contributed by atoms with Crippen molar-refractivity contribution in [3.05, 3.63) is 0 Å². The van der Waals surface area contributed by atoms with E-state index in [1.165, 1.54) is 25.8 Å². The number of hydrogen-bond donors (Lipinski definition) is 0. The van der Waals surface area contributed by atoms with Crippen LogP contribution in [0.2, 0.25) is 0 Å². The molecule has 0 radical (unpaired) electrons. The van der Waals surface area contributed by atoms with Crippen molar-refractivity contribution in [3.63, 3.8) is 0 Å². The molecule has 0 N–H and O–H groups in total. The van der Waals surface area contributed by atoms with Gasteiger partial charge in [0.25, 0.3) is 0 Å². The molecule has 2 rings (SSSR count). The highest BCUT2D eigenvalue weighted by molar-refractivity contribution is 5.55. The Morgan fingerprint density at radius 3 is 3.00 bits per heavy atom. The minimum atomic E-state index is 0.167. The van der Waals surface area contributed by atoms with Crippen LogP contribution in [0.5, 0.6) is 0 Å². The van der Waals surface area contributed by atoms with E-state index in [1.807, 2.05) is 0 Å². The van der Waals surface area contributed by atoms with Gasteiger partial charge in [-0.25, -0.2) is 4.58 Å². The summed E-state index contributed by atoms with van der Waals surface area (Å²) in [6.07, 6.45) is 6.50. The van der Waals surface area contributed by atoms with Crippen molar-refractivity contribution >= 4 is 6.21 Å². The van der Waals surface area contributed by atoms with Crippen LogP contribution in [0.3, 0.4) is 0 Å². The van der Waals surface area contributed by atoms with Crippen molar-refractivity contribution in [2.45, 2.75) is 51.7 Å². The summed E-state index contributed by atoms with van der Waals surface area (Å²) in [4.78, 5) is 0. The van der Waals surface area contributed by atoms with Crippen molar-refractivity contribution in [2.24, 2.45) is 5.92 Å². The van der Waals surface area contributed by atoms with E-state index in [0.29, 0.717) is 12.0 Å². The topological polar surface area (TPSA) is 12.2 Å². The minimum absolute atomic E-state index is 0.167. The lowest BCUT2D eigenvalue weighted by molar-refractivity contribution is -0.565. The van der Waals surface area contributed by atoms with Gasteiger partial charge in [-0.05, 0) is 26.7 Å². The highest BCUT2D eigenvalue weighted by atomic mass is 16.5. The van der Waals surface area contributed by atoms with Crippen LogP contribution in [0.25, 0.3) is 0 Å². The van der Waals surface area contributed by atoms with Crippen molar-refractivity contribution in [2.75, 3.05) is 13.1 Å². The van der Waals surface area contributed by atoms with E-state index in [4.69, 9.17) is 4.74 Å². The first-order valence-corrected chi connectivity index (χ1v) is 5.86. The van der Waals surface area contributed by atoms with Gasteiger partial charge in [0.1, 0.15) is 18.4 Å². The number of rotatable bonds is 2. The van der Waals surface area contributed by atoms with E-state index in [2.05, 4.69) is 31.6 Å². The maximum atomic E-state index is 6.16. The highest BCUT2D eigenvalue weighted by Crippen LogP contribution is 2.33. The molecule has 0 aliphatic carbocycles. The molecule has 2 bridgehead atoms. The molecule has 0 aromatic rings. The molecule has 2 heterocycles. The molecule has 2 nitrogen and oxygen atoms in total. The molecule has 14 heavy (non-hydrogen) atoms. The molecule has 0 amide bonds. The van der Waals surface area contributed by atoms with Gasteiger partial charge in [-0.1, -0.05) is 6.92 Å². The summed E-state index contributed by atoms with van der Waals surface area (Å²) in [6, 6.07) is 0. The number of nitrogens with zero attached hydrogens (tertiary/aromatic N) is 1. The third kappa shape index (κ3) is 2.00. The van der Waals surface area contributed by atoms with Crippen molar-refractivity contribution in [3.8, 4) is 0 Å². The van der Waals surface area contributed by atoms with E-state index >= 15 is 0 Å². The Hall–Kier alpha value is -0.370. The first-order chi connectivity index (χ1) is 6.60. The van der Waals surface area contributed by atoms with Crippen LogP contribution in [0.15, 0.2) is 0 Å². The van der Waals surface area contributed by atoms with Crippen LogP contribution < -0.4 is 0 Å². The highest BCUT2D eigenvalue weighted by Gasteiger charge is 2.44. The smallest absolute Gasteiger partial charge is 0.171 e. The molecule has 2 aliphatic heterocycles. The summed E-state index contributed by atoms with van der Waals surface area (Å²) in [5, 5.41) is 0. The first-order valence-electron chi connectivity index (χ1n) is 5.86. The van der Waals surface area contributed by atoms with Crippen LogP contribution in [0, 0.1) is 5.92 Å². The maximum Gasteiger partial charge on any atom is 0.171 e. The average Bonchev–Trinajstić information content (AvgIpc) is 1.99. The van der Waals surface area contributed by atoms with Crippen molar-refractivity contribution in [1.82, 2.24) is 0 Å². The van der Waals surface area contributed by atoms with E-state index < -0.39 is 0 Å². The fourth-order valence-electron chi connectivity index (χ4n) is 3.07. The lowest BCUT2D eigenvalue weighted by atomic mass is 9.82. The van der Waals surface area contributed by atoms with Crippen LogP contribution >= 0.6 is 0 Å². The molecule has 80 valence electrons. The Morgan fingerprint density at radius 1 is 1.50 bits per heavy atom. The average molecular weight is 196 g/mol. The van der Waals surface area contributed by atoms with Gasteiger partial charge in [0.05, 0.1) is 6.10 Å². The Labute approximate surface area is 87.0 Å². The second kappa shape index (κ2) is 3.65. The maximum absolute atomic E-state index is 6.16. The van der Waals surface area contributed by atoms with Crippen LogP contribution in [-0.2, 0) is 4.74 Å². The molecule has 1 saturated heterocycles. The predicted octanol–water partition coefficient (Wildman–Crippen LogP) is 2.07. The minimum Gasteiger partial charge on any atom is -0.366 e. The van der Waals surface area contributed by atoms with Gasteiger partial charge in [0.2, 0.25) is 0 Å². The zero-order valence-electron chi connectivity index (χ0n) is 9.62. The fourth-order valence-corrected chi connectivity index (χ4v) is 3.07. The molecule has 2 unspecified atom stereocenters. The fraction of sp³-hybridized carbons (Fsp3) is 0.917. The molecule has 0 aromatic heterocycles. The second-order valence-electron chi connectivity index (χ2n) is 5.25. The van der Waals surface area contributed by atoms with Gasteiger partial charge in [-0.3, -0.25) is 0 Å². The van der Waals surface area contributed by atoms with E-state index in [9.17, 15) is 0 Å². The van der Waals surface area contributed by atoms with Gasteiger partial charge in [-0.15, -0.1) is 0 Å². The molecular weight excluding hydrogens is 174 g/mol. The third-order valence-corrected chi connectivity index (χ3v) is 3.21. The molecule has 2 heteroatoms. The first kappa shape index (κ1) is 10.2. The lowest BCUT2D eigenvalue weighted by Gasteiger charge is -2.40. The van der Waals surface area contributed by atoms with Crippen molar-refractivity contribution < 1.29 is 9.31 Å². The quantitative estimate of drug-likeness (QED) is 0.616. The summed E-state index contributed by atoms with van der Waals surface area (Å²) in [6.45, 7) is 8.95. The zero-order chi connectivity index (χ0) is 10.2. The van der Waals surface area contributed by atoms with Gasteiger partial charge >= 0.3 is 0 Å². The van der Waals surface area contributed by atoms with Gasteiger partial charge in [0, 0.05) is 12.3 Å². The lowest BCUT2D eigenvalue weighted by Crippen LogP contribution is -2.52. The van der Waals surface area contributed by atoms with Crippen molar-refractivity contribution in [1.29, 1.82) is 0 Å². The summed E-state index contributed by atoms with van der Waals surface area (Å²) in [5.74, 6) is 0.683. The van der Waals surface area contributed by atoms with E-state index in [-0.39, 0.29) is 5.60 Å². The normalized spacial score (nSPS) is 37.1. The van der Waals surface area contributed by atoms with E-state index in [1.54, 1.807) is 0 Å². The number of ether oxygens (including phenoxy) is 1. The number of piperidine rings is 1. The number of hydrogen-bond acceptors (Lipinski definition) is 1. The largest absolute Gasteiger partial charge is 0.366 e. The third-order valence-electron chi connectivity index (χ3n) is 3.21. The van der Waals surface area contributed by atoms with Gasteiger partial charge in [-0.2, -0.15) is 0 Å². The van der Waals surface area contributed by atoms with Crippen LogP contribution in [0.1, 0.15) is 40.0 Å². The van der Waals surface area contributed by atoms with Crippen LogP contribution in [0.4, 0.5) is 0 Å². The molecular formula is C12H22NO+. The predicted molar refractivity (Wildman–Crippen MR) is 58.0 cm³/mol. The SMILES string of the molecule is CC1C=[N+]2CCCC(OC(C)C)(C1)C2. The Morgan fingerprint density at radius 2 is 2.29 bits per heavy atom. The summed E-state index contributed by atoms with van der Waals surface area (Å²) in [7, 11) is 0. The standard InChI is InChI=1S/C12H22NO/c1-10(2)14-12-5-4-6-13(9-12)8-11(3)7-12/h8,10-11H,4-7,9H2,1-3H3/q+1. The Bertz CT molecular complexity index is 247. The molecule has 2 atom stereocenters. The van der Waals surface area contributed by atoms with E-state index in [0.717, 1.165) is 6.54 Å². The summed E-state index contributed by atoms with van der Waals surface area (Å²) in [5.41, 5.74) is 0.167. The molecule has 0 spiro atoms. The molecule has 0 saturated carbocycles. The second-order valence-corrected chi connectivity index (χ2v) is 5.25. The Balaban J connectivity index is 2.14. The number of fused-ring (bicyclic) bond motifs is 2. The summed E-state index contributed by atoms with van der Waals surface area (Å²) < 4.78 is 8.62. The van der Waals surface area contributed by atoms with Gasteiger partial charge in [0.15, 0.2) is 6.54 Å². The molecule has 1 fully saturated rings. The summed E-state index contributed by atoms with van der Waals surface area (Å²) >= 11 is 0. The molecule has 2 aliphatic rings. The monoisotopic (exact) mass is 196 g/mol. The van der Waals surface area contributed by atoms with Crippen LogP contribution in [-0.4, -0.2) is 35.6 Å².